The zero-order chi connectivity index (χ0) is 33.2. The molecule has 0 radical (unpaired) electrons. The van der Waals surface area contributed by atoms with Crippen LogP contribution in [0.5, 0.6) is 0 Å². The number of nitrogens with zero attached hydrogens (tertiary/aromatic N) is 4. The van der Waals surface area contributed by atoms with Gasteiger partial charge in [0.2, 0.25) is 5.91 Å². The highest BCUT2D eigenvalue weighted by Crippen LogP contribution is 2.44. The molecule has 5 rings (SSSR count). The molecule has 3 amide bonds. The minimum Gasteiger partial charge on any atom is -0.349 e. The maximum Gasteiger partial charge on any atom is 0.416 e. The van der Waals surface area contributed by atoms with Crippen molar-refractivity contribution in [1.82, 2.24) is 20.4 Å². The molecule has 46 heavy (non-hydrogen) atoms. The summed E-state index contributed by atoms with van der Waals surface area (Å²) in [5, 5.41) is 19.3. The lowest BCUT2D eigenvalue weighted by Crippen LogP contribution is -2.55. The van der Waals surface area contributed by atoms with Crippen LogP contribution in [0.1, 0.15) is 52.5 Å². The summed E-state index contributed by atoms with van der Waals surface area (Å²) < 4.78 is 56.0. The molecule has 0 saturated carbocycles. The quantitative estimate of drug-likeness (QED) is 0.262. The lowest BCUT2D eigenvalue weighted by atomic mass is 9.80. The normalized spacial score (nSPS) is 16.7. The highest BCUT2D eigenvalue weighted by atomic mass is 19.4. The van der Waals surface area contributed by atoms with Gasteiger partial charge in [-0.05, 0) is 61.9 Å². The van der Waals surface area contributed by atoms with Crippen molar-refractivity contribution in [3.63, 3.8) is 0 Å². The van der Waals surface area contributed by atoms with Gasteiger partial charge in [-0.15, -0.1) is 0 Å². The first-order valence-electron chi connectivity index (χ1n) is 14.3. The van der Waals surface area contributed by atoms with Gasteiger partial charge >= 0.3 is 6.18 Å². The van der Waals surface area contributed by atoms with Gasteiger partial charge < -0.3 is 10.6 Å². The molecular formula is C33H28F4N6O3. The van der Waals surface area contributed by atoms with E-state index in [9.17, 15) is 37.2 Å². The van der Waals surface area contributed by atoms with Gasteiger partial charge in [-0.3, -0.25) is 19.3 Å². The van der Waals surface area contributed by atoms with Crippen molar-refractivity contribution in [2.45, 2.75) is 38.5 Å². The number of nitriles is 1. The van der Waals surface area contributed by atoms with Crippen molar-refractivity contribution in [2.75, 3.05) is 11.4 Å². The number of benzene rings is 3. The Labute approximate surface area is 261 Å². The first-order valence-corrected chi connectivity index (χ1v) is 14.3. The predicted octanol–water partition coefficient (Wildman–Crippen LogP) is 5.10. The third-order valence-corrected chi connectivity index (χ3v) is 7.71. The molecule has 1 aromatic heterocycles. The van der Waals surface area contributed by atoms with E-state index in [0.29, 0.717) is 34.4 Å². The molecule has 2 heterocycles. The number of hydrogen-bond donors (Lipinski definition) is 2. The lowest BCUT2D eigenvalue weighted by Gasteiger charge is -2.38. The first-order chi connectivity index (χ1) is 21.9. The average molecular weight is 633 g/mol. The molecule has 13 heteroatoms. The molecular weight excluding hydrogens is 604 g/mol. The summed E-state index contributed by atoms with van der Waals surface area (Å²) in [5.74, 6) is -4.23. The summed E-state index contributed by atoms with van der Waals surface area (Å²) in [6.45, 7) is 3.11. The largest absolute Gasteiger partial charge is 0.416 e. The van der Waals surface area contributed by atoms with Crippen LogP contribution in [0.3, 0.4) is 0 Å². The minimum atomic E-state index is -4.70. The monoisotopic (exact) mass is 632 g/mol. The molecule has 4 aromatic rings. The summed E-state index contributed by atoms with van der Waals surface area (Å²) in [7, 11) is 0. The van der Waals surface area contributed by atoms with Crippen LogP contribution in [0.15, 0.2) is 78.9 Å². The van der Waals surface area contributed by atoms with Gasteiger partial charge in [-0.25, -0.2) is 9.07 Å². The van der Waals surface area contributed by atoms with E-state index in [1.54, 1.807) is 37.3 Å². The second kappa shape index (κ2) is 12.8. The number of nitrogens with one attached hydrogen (secondary N) is 2. The second-order valence-corrected chi connectivity index (χ2v) is 10.6. The van der Waals surface area contributed by atoms with Gasteiger partial charge in [0.1, 0.15) is 23.6 Å². The van der Waals surface area contributed by atoms with Gasteiger partial charge in [-0.2, -0.15) is 23.5 Å². The Morgan fingerprint density at radius 1 is 1.04 bits per heavy atom. The van der Waals surface area contributed by atoms with Crippen LogP contribution in [0.25, 0.3) is 5.69 Å². The fourth-order valence-corrected chi connectivity index (χ4v) is 5.43. The lowest BCUT2D eigenvalue weighted by molar-refractivity contribution is -0.137. The molecule has 0 saturated heterocycles. The smallest absolute Gasteiger partial charge is 0.349 e. The molecule has 1 aliphatic heterocycles. The van der Waals surface area contributed by atoms with E-state index in [0.717, 1.165) is 12.1 Å². The Hall–Kier alpha value is -5.51. The Morgan fingerprint density at radius 3 is 2.37 bits per heavy atom. The Morgan fingerprint density at radius 2 is 1.74 bits per heavy atom. The number of rotatable bonds is 8. The number of anilines is 1. The SMILES string of the molecule is CCN1C(=O)[C@@H](NC(=O)c2cccc(C(F)(F)F)c2)[C@@H](c2ccc(F)cc2)c2c(CNC(=O)C(C)C#N)nn(-c3ccccc3)c21. The van der Waals surface area contributed by atoms with E-state index in [1.165, 1.54) is 46.8 Å². The number of aromatic nitrogens is 2. The summed E-state index contributed by atoms with van der Waals surface area (Å²) in [6, 6.07) is 18.5. The molecule has 3 aromatic carbocycles. The van der Waals surface area contributed by atoms with Crippen molar-refractivity contribution in [1.29, 1.82) is 5.26 Å². The molecule has 1 unspecified atom stereocenters. The highest BCUT2D eigenvalue weighted by molar-refractivity contribution is 6.05. The molecule has 1 aliphatic rings. The van der Waals surface area contributed by atoms with E-state index in [2.05, 4.69) is 10.6 Å². The summed E-state index contributed by atoms with van der Waals surface area (Å²) >= 11 is 0. The van der Waals surface area contributed by atoms with Gasteiger partial charge in [0.25, 0.3) is 11.8 Å². The van der Waals surface area contributed by atoms with Crippen LogP contribution in [-0.4, -0.2) is 40.1 Å². The number of halogens is 4. The summed E-state index contributed by atoms with van der Waals surface area (Å²) in [6.07, 6.45) is -4.70. The molecule has 3 atom stereocenters. The average Bonchev–Trinajstić information content (AvgIpc) is 3.43. The van der Waals surface area contributed by atoms with E-state index in [4.69, 9.17) is 5.10 Å². The first kappa shape index (κ1) is 31.9. The van der Waals surface area contributed by atoms with Crippen LogP contribution in [0.2, 0.25) is 0 Å². The van der Waals surface area contributed by atoms with Crippen molar-refractivity contribution in [3.8, 4) is 11.8 Å². The zero-order valence-corrected chi connectivity index (χ0v) is 24.7. The molecule has 0 bridgehead atoms. The van der Waals surface area contributed by atoms with Gasteiger partial charge in [0, 0.05) is 23.6 Å². The van der Waals surface area contributed by atoms with Crippen LogP contribution in [0.4, 0.5) is 23.4 Å². The Bertz CT molecular complexity index is 1820. The van der Waals surface area contributed by atoms with E-state index < -0.39 is 53.2 Å². The number of hydrogen-bond acceptors (Lipinski definition) is 5. The van der Waals surface area contributed by atoms with Crippen molar-refractivity contribution in [2.24, 2.45) is 5.92 Å². The fourth-order valence-electron chi connectivity index (χ4n) is 5.43. The number of carbonyl (C=O) groups excluding carboxylic acids is 3. The fraction of sp³-hybridized carbons (Fsp3) is 0.242. The van der Waals surface area contributed by atoms with Crippen molar-refractivity contribution >= 4 is 23.5 Å². The number of likely N-dealkylation sites (N-methyl/N-ethyl adjacent to an activating group) is 1. The number of fused-ring (bicyclic) bond motifs is 1. The van der Waals surface area contributed by atoms with Crippen molar-refractivity contribution in [3.05, 3.63) is 113 Å². The Balaban J connectivity index is 1.69. The predicted molar refractivity (Wildman–Crippen MR) is 159 cm³/mol. The molecule has 9 nitrogen and oxygen atoms in total. The van der Waals surface area contributed by atoms with Crippen LogP contribution >= 0.6 is 0 Å². The van der Waals surface area contributed by atoms with Gasteiger partial charge in [0.05, 0.1) is 29.6 Å². The molecule has 0 fully saturated rings. The topological polar surface area (TPSA) is 120 Å². The van der Waals surface area contributed by atoms with Gasteiger partial charge in [-0.1, -0.05) is 36.4 Å². The maximum atomic E-state index is 14.3. The highest BCUT2D eigenvalue weighted by Gasteiger charge is 2.46. The summed E-state index contributed by atoms with van der Waals surface area (Å²) in [4.78, 5) is 41.8. The Kier molecular flexibility index (Phi) is 8.91. The number of alkyl halides is 3. The van der Waals surface area contributed by atoms with Crippen LogP contribution < -0.4 is 15.5 Å². The van der Waals surface area contributed by atoms with Crippen LogP contribution in [0, 0.1) is 23.1 Å². The third-order valence-electron chi connectivity index (χ3n) is 7.71. The number of carbonyl (C=O) groups is 3. The second-order valence-electron chi connectivity index (χ2n) is 10.6. The molecule has 2 N–H and O–H groups in total. The number of amides is 3. The zero-order valence-electron chi connectivity index (χ0n) is 24.7. The van der Waals surface area contributed by atoms with Gasteiger partial charge in [0.15, 0.2) is 0 Å². The minimum absolute atomic E-state index is 0.119. The number of para-hydroxylation sites is 1. The molecule has 0 aliphatic carbocycles. The molecule has 236 valence electrons. The van der Waals surface area contributed by atoms with E-state index in [-0.39, 0.29) is 18.7 Å². The van der Waals surface area contributed by atoms with Crippen molar-refractivity contribution < 1.29 is 31.9 Å². The maximum absolute atomic E-state index is 14.3. The van der Waals surface area contributed by atoms with Crippen LogP contribution in [-0.2, 0) is 22.3 Å². The van der Waals surface area contributed by atoms with E-state index in [1.807, 2.05) is 6.07 Å². The standard InChI is InChI=1S/C33H28F4N6O3/c1-3-42-31-27(25(18-39-29(44)19(2)17-38)41-43(31)24-10-5-4-6-11-24)26(20-12-14-23(34)15-13-20)28(32(42)46)40-30(45)21-8-7-9-22(16-21)33(35,36)37/h4-16,19,26,28H,3,18H2,1-2H3,(H,39,44)(H,40,45)/t19?,26-,28-/m0/s1. The van der Waals surface area contributed by atoms with E-state index >= 15 is 0 Å². The third kappa shape index (κ3) is 6.19. The summed E-state index contributed by atoms with van der Waals surface area (Å²) in [5.41, 5.74) is 0.375. The molecule has 0 spiro atoms.